The van der Waals surface area contributed by atoms with Crippen molar-refractivity contribution in [1.82, 2.24) is 30.2 Å². The lowest BCUT2D eigenvalue weighted by molar-refractivity contribution is -0.132. The normalized spacial score (nSPS) is 24.0. The maximum absolute atomic E-state index is 12.6. The molecule has 7 N–H and O–H groups in total. The van der Waals surface area contributed by atoms with Crippen LogP contribution in [0.3, 0.4) is 0 Å². The first kappa shape index (κ1) is 29.7. The zero-order chi connectivity index (χ0) is 29.9. The van der Waals surface area contributed by atoms with Crippen LogP contribution in [0.2, 0.25) is 5.02 Å². The van der Waals surface area contributed by atoms with E-state index in [4.69, 9.17) is 17.3 Å². The van der Waals surface area contributed by atoms with E-state index in [1.54, 1.807) is 17.0 Å². The van der Waals surface area contributed by atoms with Crippen LogP contribution in [-0.4, -0.2) is 73.9 Å². The number of imidazole rings is 1. The summed E-state index contributed by atoms with van der Waals surface area (Å²) in [5.74, 6) is 5.91. The van der Waals surface area contributed by atoms with Crippen molar-refractivity contribution in [2.45, 2.75) is 56.9 Å². The van der Waals surface area contributed by atoms with Crippen molar-refractivity contribution in [1.29, 1.82) is 0 Å². The van der Waals surface area contributed by atoms with Crippen LogP contribution in [0.4, 0.5) is 5.82 Å². The van der Waals surface area contributed by atoms with Crippen molar-refractivity contribution in [3.05, 3.63) is 47.0 Å². The number of anilines is 1. The second-order valence-electron chi connectivity index (χ2n) is 10.7. The molecule has 2 aromatic heterocycles. The molecule has 0 radical (unpaired) electrons. The van der Waals surface area contributed by atoms with Gasteiger partial charge in [0.2, 0.25) is 17.6 Å². The van der Waals surface area contributed by atoms with Crippen molar-refractivity contribution in [3.8, 4) is 11.8 Å². The Hall–Kier alpha value is -3.76. The van der Waals surface area contributed by atoms with E-state index in [2.05, 4.69) is 42.7 Å². The van der Waals surface area contributed by atoms with Gasteiger partial charge in [0.15, 0.2) is 17.0 Å². The fraction of sp³-hybridized carbons (Fsp3) is 0.483. The first-order valence-electron chi connectivity index (χ1n) is 14.1. The molecule has 2 fully saturated rings. The number of hydrogen-bond acceptors (Lipinski definition) is 9. The van der Waals surface area contributed by atoms with Gasteiger partial charge in [-0.3, -0.25) is 9.59 Å². The van der Waals surface area contributed by atoms with E-state index in [9.17, 15) is 19.8 Å². The molecule has 0 bridgehead atoms. The van der Waals surface area contributed by atoms with Crippen LogP contribution in [0.5, 0.6) is 0 Å². The lowest BCUT2D eigenvalue weighted by Gasteiger charge is -2.23. The molecule has 0 aliphatic heterocycles. The van der Waals surface area contributed by atoms with Gasteiger partial charge in [-0.2, -0.15) is 0 Å². The lowest BCUT2D eigenvalue weighted by Crippen LogP contribution is -2.41. The first-order valence-corrected chi connectivity index (χ1v) is 14.4. The molecule has 0 spiro atoms. The summed E-state index contributed by atoms with van der Waals surface area (Å²) in [5.41, 5.74) is 6.25. The minimum Gasteiger partial charge on any atom is -0.389 e. The molecule has 3 aromatic rings. The Morgan fingerprint density at radius 2 is 2.10 bits per heavy atom. The van der Waals surface area contributed by atoms with Crippen molar-refractivity contribution < 1.29 is 19.8 Å². The van der Waals surface area contributed by atoms with Crippen LogP contribution >= 0.6 is 11.6 Å². The minimum atomic E-state index is -1.21. The van der Waals surface area contributed by atoms with Gasteiger partial charge in [0.1, 0.15) is 6.10 Å². The highest BCUT2D eigenvalue weighted by molar-refractivity contribution is 6.30. The van der Waals surface area contributed by atoms with Gasteiger partial charge in [-0.05, 0) is 49.4 Å². The number of nitrogens with two attached hydrogens (primary N) is 1. The zero-order valence-electron chi connectivity index (χ0n) is 23.3. The van der Waals surface area contributed by atoms with Gasteiger partial charge in [0.05, 0.1) is 23.9 Å². The first-order chi connectivity index (χ1) is 20.3. The van der Waals surface area contributed by atoms with Crippen molar-refractivity contribution >= 4 is 40.4 Å². The Kier molecular flexibility index (Phi) is 8.93. The average Bonchev–Trinajstić information content (AvgIpc) is 3.52. The second kappa shape index (κ2) is 12.6. The largest absolute Gasteiger partial charge is 0.389 e. The van der Waals surface area contributed by atoms with Gasteiger partial charge in [-0.25, -0.2) is 15.0 Å². The van der Waals surface area contributed by atoms with Gasteiger partial charge < -0.3 is 36.5 Å². The fourth-order valence-corrected chi connectivity index (χ4v) is 6.05. The molecule has 0 saturated heterocycles. The van der Waals surface area contributed by atoms with Crippen molar-refractivity contribution in [2.24, 2.45) is 17.1 Å². The maximum Gasteiger partial charge on any atom is 0.229 e. The predicted octanol–water partition coefficient (Wildman–Crippen LogP) is 1.11. The van der Waals surface area contributed by atoms with E-state index in [1.165, 1.54) is 7.05 Å². The molecular formula is C29H35ClN8O4. The number of unbranched alkanes of at least 4 members (excludes halogenated alkanes) is 1. The molecule has 1 aromatic carbocycles. The summed E-state index contributed by atoms with van der Waals surface area (Å²) in [6, 6.07) is 6.81. The van der Waals surface area contributed by atoms with Crippen LogP contribution in [0.1, 0.15) is 49.5 Å². The maximum atomic E-state index is 12.6. The van der Waals surface area contributed by atoms with Crippen LogP contribution in [0.25, 0.3) is 11.2 Å². The minimum absolute atomic E-state index is 0.0857. The summed E-state index contributed by atoms with van der Waals surface area (Å²) in [6.07, 6.45) is 1.84. The standard InChI is InChI=1S/C29H35ClN8O4/c1-32-28(42)29-14-19(29)23(24(40)25(29)41)38-16-35-22-26(34-15-17-7-6-8-18(30)13-17)36-20(37-27(22)38)9-2-3-10-21(39)33-12-5-4-11-31/h6-8,13,16,19,23-25,40-41H,3-5,10-12,14-15,31H2,1H3,(H,32,42)(H,33,39)(H,34,36,37)/t19-,23-,24+,25+,29+/m1/s1. The number of aromatic nitrogens is 4. The van der Waals surface area contributed by atoms with E-state index >= 15 is 0 Å². The van der Waals surface area contributed by atoms with Crippen LogP contribution in [0, 0.1) is 23.2 Å². The molecule has 13 heteroatoms. The number of benzene rings is 1. The third-order valence-corrected chi connectivity index (χ3v) is 8.28. The smallest absolute Gasteiger partial charge is 0.229 e. The SMILES string of the molecule is CNC(=O)[C@@]12C[C@@H]1[C@@H](n1cnc3c(NCc4cccc(Cl)c4)nc(C#CCCC(=O)NCCCCN)nc31)[C@H](O)[C@@H]2O. The number of aliphatic hydroxyl groups is 2. The summed E-state index contributed by atoms with van der Waals surface area (Å²) >= 11 is 6.15. The highest BCUT2D eigenvalue weighted by Gasteiger charge is 2.75. The van der Waals surface area contributed by atoms with Gasteiger partial charge >= 0.3 is 0 Å². The number of hydrogen-bond donors (Lipinski definition) is 6. The van der Waals surface area contributed by atoms with Crippen LogP contribution in [0.15, 0.2) is 30.6 Å². The fourth-order valence-electron chi connectivity index (χ4n) is 5.84. The predicted molar refractivity (Wildman–Crippen MR) is 157 cm³/mol. The highest BCUT2D eigenvalue weighted by atomic mass is 35.5. The third-order valence-electron chi connectivity index (χ3n) is 8.04. The zero-order valence-corrected chi connectivity index (χ0v) is 24.1. The Balaban J connectivity index is 1.41. The average molecular weight is 595 g/mol. The van der Waals surface area contributed by atoms with E-state index in [1.807, 2.05) is 18.2 Å². The van der Waals surface area contributed by atoms with Gasteiger partial charge in [0.25, 0.3) is 0 Å². The van der Waals surface area contributed by atoms with Crippen LogP contribution in [-0.2, 0) is 16.1 Å². The number of rotatable bonds is 11. The molecule has 5 atom stereocenters. The Morgan fingerprint density at radius 1 is 1.26 bits per heavy atom. The van der Waals surface area contributed by atoms with Crippen molar-refractivity contribution in [3.63, 3.8) is 0 Å². The molecule has 42 heavy (non-hydrogen) atoms. The monoisotopic (exact) mass is 594 g/mol. The summed E-state index contributed by atoms with van der Waals surface area (Å²) in [5, 5.41) is 31.2. The summed E-state index contributed by atoms with van der Waals surface area (Å²) in [6.45, 7) is 1.58. The molecule has 0 unspecified atom stereocenters. The molecular weight excluding hydrogens is 560 g/mol. The number of nitrogens with one attached hydrogen (secondary N) is 3. The van der Waals surface area contributed by atoms with Gasteiger partial charge in [0, 0.05) is 43.9 Å². The Bertz CT molecular complexity index is 1530. The third kappa shape index (κ3) is 5.78. The molecule has 2 saturated carbocycles. The summed E-state index contributed by atoms with van der Waals surface area (Å²) in [7, 11) is 1.52. The molecule has 2 aliphatic rings. The topological polar surface area (TPSA) is 180 Å². The summed E-state index contributed by atoms with van der Waals surface area (Å²) in [4.78, 5) is 38.5. The molecule has 222 valence electrons. The van der Waals surface area contributed by atoms with E-state index in [0.29, 0.717) is 54.5 Å². The van der Waals surface area contributed by atoms with E-state index < -0.39 is 23.7 Å². The number of amides is 2. The Labute approximate surface area is 248 Å². The van der Waals surface area contributed by atoms with E-state index in [0.717, 1.165) is 18.4 Å². The number of halogens is 1. The van der Waals surface area contributed by atoms with Crippen LogP contribution < -0.4 is 21.7 Å². The van der Waals surface area contributed by atoms with E-state index in [-0.39, 0.29) is 30.0 Å². The Morgan fingerprint density at radius 3 is 2.86 bits per heavy atom. The molecule has 12 nitrogen and oxygen atoms in total. The number of carbonyl (C=O) groups excluding carboxylic acids is 2. The van der Waals surface area contributed by atoms with Crippen molar-refractivity contribution in [2.75, 3.05) is 25.5 Å². The summed E-state index contributed by atoms with van der Waals surface area (Å²) < 4.78 is 1.71. The van der Waals surface area contributed by atoms with Gasteiger partial charge in [-0.1, -0.05) is 29.7 Å². The molecule has 2 amide bonds. The number of carbonyl (C=O) groups is 2. The molecule has 5 rings (SSSR count). The molecule has 2 aliphatic carbocycles. The number of nitrogens with zero attached hydrogens (tertiary/aromatic N) is 4. The quantitative estimate of drug-likeness (QED) is 0.140. The number of aliphatic hydroxyl groups excluding tert-OH is 2. The number of fused-ring (bicyclic) bond motifs is 2. The lowest BCUT2D eigenvalue weighted by atomic mass is 9.98. The highest BCUT2D eigenvalue weighted by Crippen LogP contribution is 2.67. The van der Waals surface area contributed by atoms with Gasteiger partial charge in [-0.15, -0.1) is 0 Å². The second-order valence-corrected chi connectivity index (χ2v) is 11.1. The molecule has 2 heterocycles.